The molecule has 0 saturated carbocycles. The zero-order valence-electron chi connectivity index (χ0n) is 17.2. The SMILES string of the molecule is COc1c(C)cccc1C(=O)NC(=S)Nc1cccc(-c2nc3ncccc3o2)c1C. The van der Waals surface area contributed by atoms with Crippen molar-refractivity contribution in [3.05, 3.63) is 71.4 Å². The van der Waals surface area contributed by atoms with Crippen LogP contribution in [0.15, 0.2) is 59.1 Å². The molecule has 0 aliphatic carbocycles. The van der Waals surface area contributed by atoms with Crippen LogP contribution in [0.2, 0.25) is 0 Å². The number of methoxy groups -OCH3 is 1. The average Bonchev–Trinajstić information content (AvgIpc) is 3.19. The summed E-state index contributed by atoms with van der Waals surface area (Å²) in [5.74, 6) is 0.636. The minimum absolute atomic E-state index is 0.174. The molecule has 8 heteroatoms. The highest BCUT2D eigenvalue weighted by Crippen LogP contribution is 2.30. The Hall–Kier alpha value is -3.78. The van der Waals surface area contributed by atoms with Crippen molar-refractivity contribution in [1.29, 1.82) is 0 Å². The first kappa shape index (κ1) is 20.5. The lowest BCUT2D eigenvalue weighted by Crippen LogP contribution is -2.34. The summed E-state index contributed by atoms with van der Waals surface area (Å²) in [5, 5.41) is 5.96. The van der Waals surface area contributed by atoms with Gasteiger partial charge < -0.3 is 14.5 Å². The third kappa shape index (κ3) is 4.10. The lowest BCUT2D eigenvalue weighted by Gasteiger charge is -2.15. The van der Waals surface area contributed by atoms with Crippen LogP contribution < -0.4 is 15.4 Å². The molecule has 0 fully saturated rings. The van der Waals surface area contributed by atoms with E-state index in [4.69, 9.17) is 21.4 Å². The van der Waals surface area contributed by atoms with E-state index in [0.29, 0.717) is 28.4 Å². The number of aromatic nitrogens is 2. The Morgan fingerprint density at radius 1 is 1.10 bits per heavy atom. The second-order valence-corrected chi connectivity index (χ2v) is 7.29. The lowest BCUT2D eigenvalue weighted by molar-refractivity contribution is 0.0974. The van der Waals surface area contributed by atoms with E-state index in [0.717, 1.165) is 22.4 Å². The van der Waals surface area contributed by atoms with Crippen LogP contribution >= 0.6 is 12.2 Å². The van der Waals surface area contributed by atoms with Crippen LogP contribution in [0.4, 0.5) is 5.69 Å². The molecule has 2 N–H and O–H groups in total. The second-order valence-electron chi connectivity index (χ2n) is 6.89. The summed E-state index contributed by atoms with van der Waals surface area (Å²) >= 11 is 5.36. The van der Waals surface area contributed by atoms with Crippen LogP contribution in [0.5, 0.6) is 5.75 Å². The Morgan fingerprint density at radius 3 is 2.68 bits per heavy atom. The number of rotatable bonds is 4. The third-order valence-corrected chi connectivity index (χ3v) is 5.07. The molecule has 0 radical (unpaired) electrons. The fraction of sp³-hybridized carbons (Fsp3) is 0.130. The number of anilines is 1. The largest absolute Gasteiger partial charge is 0.496 e. The Morgan fingerprint density at radius 2 is 1.90 bits per heavy atom. The molecule has 2 heterocycles. The van der Waals surface area contributed by atoms with Gasteiger partial charge in [0.05, 0.1) is 12.7 Å². The highest BCUT2D eigenvalue weighted by atomic mass is 32.1. The number of nitrogens with one attached hydrogen (secondary N) is 2. The first-order chi connectivity index (χ1) is 15.0. The molecule has 4 rings (SSSR count). The van der Waals surface area contributed by atoms with E-state index < -0.39 is 0 Å². The van der Waals surface area contributed by atoms with Crippen molar-refractivity contribution in [3.63, 3.8) is 0 Å². The van der Waals surface area contributed by atoms with Gasteiger partial charge in [-0.1, -0.05) is 18.2 Å². The number of thiocarbonyl (C=S) groups is 1. The van der Waals surface area contributed by atoms with Crippen molar-refractivity contribution in [2.24, 2.45) is 0 Å². The molecule has 0 saturated heterocycles. The molecule has 7 nitrogen and oxygen atoms in total. The van der Waals surface area contributed by atoms with Gasteiger partial charge in [0.1, 0.15) is 5.75 Å². The molecule has 2 aromatic carbocycles. The Bertz CT molecular complexity index is 1270. The smallest absolute Gasteiger partial charge is 0.261 e. The first-order valence-corrected chi connectivity index (χ1v) is 9.96. The van der Waals surface area contributed by atoms with Gasteiger partial charge in [-0.15, -0.1) is 0 Å². The number of pyridine rings is 1. The number of amides is 1. The maximum absolute atomic E-state index is 12.7. The summed E-state index contributed by atoms with van der Waals surface area (Å²) in [7, 11) is 1.53. The third-order valence-electron chi connectivity index (χ3n) is 4.87. The van der Waals surface area contributed by atoms with E-state index in [9.17, 15) is 4.79 Å². The first-order valence-electron chi connectivity index (χ1n) is 9.55. The molecule has 0 unspecified atom stereocenters. The number of aryl methyl sites for hydroxylation is 1. The zero-order valence-corrected chi connectivity index (χ0v) is 18.0. The van der Waals surface area contributed by atoms with Crippen molar-refractivity contribution >= 4 is 40.2 Å². The monoisotopic (exact) mass is 432 g/mol. The van der Waals surface area contributed by atoms with Gasteiger partial charge in [-0.25, -0.2) is 4.98 Å². The number of nitrogens with zero attached hydrogens (tertiary/aromatic N) is 2. The van der Waals surface area contributed by atoms with Gasteiger partial charge in [-0.3, -0.25) is 10.1 Å². The van der Waals surface area contributed by atoms with E-state index in [1.54, 1.807) is 24.4 Å². The summed E-state index contributed by atoms with van der Waals surface area (Å²) < 4.78 is 11.2. The van der Waals surface area contributed by atoms with Gasteiger partial charge in [0.25, 0.3) is 5.91 Å². The van der Waals surface area contributed by atoms with E-state index in [-0.39, 0.29) is 11.0 Å². The average molecular weight is 433 g/mol. The maximum Gasteiger partial charge on any atom is 0.261 e. The molecule has 4 aromatic rings. The van der Waals surface area contributed by atoms with E-state index in [1.165, 1.54) is 7.11 Å². The molecular formula is C23H20N4O3S. The number of carbonyl (C=O) groups is 1. The number of oxazole rings is 1. The molecule has 0 aliphatic heterocycles. The molecule has 0 aliphatic rings. The minimum atomic E-state index is -0.350. The summed E-state index contributed by atoms with van der Waals surface area (Å²) in [6.07, 6.45) is 1.67. The molecule has 0 spiro atoms. The van der Waals surface area contributed by atoms with Crippen LogP contribution in [-0.2, 0) is 0 Å². The maximum atomic E-state index is 12.7. The highest BCUT2D eigenvalue weighted by Gasteiger charge is 2.17. The normalized spacial score (nSPS) is 10.7. The molecule has 156 valence electrons. The molecule has 31 heavy (non-hydrogen) atoms. The van der Waals surface area contributed by atoms with Crippen molar-refractivity contribution < 1.29 is 13.9 Å². The lowest BCUT2D eigenvalue weighted by atomic mass is 10.1. The van der Waals surface area contributed by atoms with Gasteiger partial charge in [0.15, 0.2) is 16.3 Å². The van der Waals surface area contributed by atoms with Crippen LogP contribution in [-0.4, -0.2) is 28.1 Å². The number of carbonyl (C=O) groups excluding carboxylic acids is 1. The van der Waals surface area contributed by atoms with Gasteiger partial charge in [0, 0.05) is 17.4 Å². The Balaban J connectivity index is 1.55. The van der Waals surface area contributed by atoms with Gasteiger partial charge in [-0.05, 0) is 67.5 Å². The number of ether oxygens (including phenoxy) is 1. The van der Waals surface area contributed by atoms with Crippen LogP contribution in [0.25, 0.3) is 22.7 Å². The van der Waals surface area contributed by atoms with Crippen molar-refractivity contribution in [3.8, 4) is 17.2 Å². The highest BCUT2D eigenvalue weighted by molar-refractivity contribution is 7.80. The molecule has 0 atom stereocenters. The fourth-order valence-corrected chi connectivity index (χ4v) is 3.52. The fourth-order valence-electron chi connectivity index (χ4n) is 3.31. The summed E-state index contributed by atoms with van der Waals surface area (Å²) in [6.45, 7) is 3.80. The second kappa shape index (κ2) is 8.53. The van der Waals surface area contributed by atoms with Gasteiger partial charge in [-0.2, -0.15) is 4.98 Å². The molecule has 0 bridgehead atoms. The van der Waals surface area contributed by atoms with Gasteiger partial charge >= 0.3 is 0 Å². The minimum Gasteiger partial charge on any atom is -0.496 e. The van der Waals surface area contributed by atoms with E-state index in [1.807, 2.05) is 44.2 Å². The zero-order chi connectivity index (χ0) is 22.0. The van der Waals surface area contributed by atoms with Crippen LogP contribution in [0, 0.1) is 13.8 Å². The Labute approximate surface area is 184 Å². The van der Waals surface area contributed by atoms with Crippen LogP contribution in [0.1, 0.15) is 21.5 Å². The van der Waals surface area contributed by atoms with E-state index >= 15 is 0 Å². The van der Waals surface area contributed by atoms with Gasteiger partial charge in [0.2, 0.25) is 5.89 Å². The standard InChI is InChI=1S/C23H20N4O3S/c1-13-7-4-9-16(19(13)29-3)21(28)27-23(31)25-17-10-5-8-15(14(17)2)22-26-20-18(30-22)11-6-12-24-20/h4-12H,1-3H3,(H2,25,27,28,31). The summed E-state index contributed by atoms with van der Waals surface area (Å²) in [5.41, 5.74) is 4.85. The quantitative estimate of drug-likeness (QED) is 0.454. The van der Waals surface area contributed by atoms with Crippen molar-refractivity contribution in [2.45, 2.75) is 13.8 Å². The Kier molecular flexibility index (Phi) is 5.64. The predicted molar refractivity (Wildman–Crippen MR) is 123 cm³/mol. The summed E-state index contributed by atoms with van der Waals surface area (Å²) in [6, 6.07) is 14.6. The summed E-state index contributed by atoms with van der Waals surface area (Å²) in [4.78, 5) is 21.4. The predicted octanol–water partition coefficient (Wildman–Crippen LogP) is 4.64. The number of fused-ring (bicyclic) bond motifs is 1. The number of hydrogen-bond donors (Lipinski definition) is 2. The molecule has 1 amide bonds. The van der Waals surface area contributed by atoms with Crippen LogP contribution in [0.3, 0.4) is 0 Å². The number of para-hydroxylation sites is 1. The van der Waals surface area contributed by atoms with E-state index in [2.05, 4.69) is 20.6 Å². The molecule has 2 aromatic heterocycles. The topological polar surface area (TPSA) is 89.3 Å². The number of hydrogen-bond acceptors (Lipinski definition) is 6. The van der Waals surface area contributed by atoms with Crippen molar-refractivity contribution in [1.82, 2.24) is 15.3 Å². The molecular weight excluding hydrogens is 412 g/mol. The van der Waals surface area contributed by atoms with Crippen molar-refractivity contribution in [2.75, 3.05) is 12.4 Å². The number of benzene rings is 2.